The largest absolute Gasteiger partial charge is 0.493 e. The van der Waals surface area contributed by atoms with Crippen LogP contribution in [0.25, 0.3) is 22.6 Å². The van der Waals surface area contributed by atoms with Crippen LogP contribution in [-0.2, 0) is 0 Å². The van der Waals surface area contributed by atoms with E-state index in [1.165, 1.54) is 0 Å². The second-order valence-corrected chi connectivity index (χ2v) is 6.79. The molecule has 0 radical (unpaired) electrons. The quantitative estimate of drug-likeness (QED) is 0.437. The van der Waals surface area contributed by atoms with E-state index in [4.69, 9.17) is 25.5 Å². The first kappa shape index (κ1) is 20.0. The van der Waals surface area contributed by atoms with Crippen LogP contribution in [-0.4, -0.2) is 23.9 Å². The third-order valence-corrected chi connectivity index (χ3v) is 4.40. The zero-order valence-electron chi connectivity index (χ0n) is 16.2. The van der Waals surface area contributed by atoms with Gasteiger partial charge in [0.15, 0.2) is 11.5 Å². The summed E-state index contributed by atoms with van der Waals surface area (Å²) in [5.74, 6) is 2.06. The number of unbranched alkanes of at least 4 members (excludes halogenated alkanes) is 1. The summed E-state index contributed by atoms with van der Waals surface area (Å²) in [5.41, 5.74) is 2.82. The first-order valence-corrected chi connectivity index (χ1v) is 9.57. The fourth-order valence-corrected chi connectivity index (χ4v) is 2.84. The van der Waals surface area contributed by atoms with Crippen molar-refractivity contribution < 1.29 is 13.9 Å². The van der Waals surface area contributed by atoms with Crippen LogP contribution in [0, 0.1) is 6.92 Å². The monoisotopic (exact) mass is 398 g/mol. The van der Waals surface area contributed by atoms with Gasteiger partial charge in [-0.25, -0.2) is 0 Å². The Balaban J connectivity index is 1.79. The van der Waals surface area contributed by atoms with E-state index in [0.29, 0.717) is 29.0 Å². The Morgan fingerprint density at radius 3 is 2.75 bits per heavy atom. The van der Waals surface area contributed by atoms with Gasteiger partial charge in [0, 0.05) is 5.56 Å². The first-order valence-electron chi connectivity index (χ1n) is 9.19. The lowest BCUT2D eigenvalue weighted by Crippen LogP contribution is -1.98. The summed E-state index contributed by atoms with van der Waals surface area (Å²) >= 11 is 6.40. The lowest BCUT2D eigenvalue weighted by atomic mass is 10.1. The molecule has 0 saturated heterocycles. The molecule has 0 amide bonds. The summed E-state index contributed by atoms with van der Waals surface area (Å²) in [6.07, 6.45) is 3.83. The Morgan fingerprint density at radius 2 is 2.00 bits per heavy atom. The smallest absolute Gasteiger partial charge is 0.259 e. The lowest BCUT2D eigenvalue weighted by molar-refractivity contribution is 0.288. The first-order chi connectivity index (χ1) is 13.6. The number of aromatic nitrogens is 2. The summed E-state index contributed by atoms with van der Waals surface area (Å²) in [6, 6.07) is 13.5. The van der Waals surface area contributed by atoms with Crippen molar-refractivity contribution in [1.82, 2.24) is 10.2 Å². The maximum absolute atomic E-state index is 6.40. The van der Waals surface area contributed by atoms with Gasteiger partial charge in [0.1, 0.15) is 5.03 Å². The van der Waals surface area contributed by atoms with Gasteiger partial charge >= 0.3 is 0 Å². The van der Waals surface area contributed by atoms with Crippen molar-refractivity contribution in [2.75, 3.05) is 13.7 Å². The normalized spacial score (nSPS) is 11.5. The van der Waals surface area contributed by atoms with E-state index in [-0.39, 0.29) is 5.89 Å². The minimum Gasteiger partial charge on any atom is -0.493 e. The molecule has 0 unspecified atom stereocenters. The molecule has 0 spiro atoms. The molecule has 0 fully saturated rings. The Bertz CT molecular complexity index is 966. The molecular formula is C22H23ClN2O3. The van der Waals surface area contributed by atoms with Gasteiger partial charge in [0.05, 0.1) is 13.7 Å². The predicted molar refractivity (Wildman–Crippen MR) is 112 cm³/mol. The maximum Gasteiger partial charge on any atom is 0.259 e. The standard InChI is InChI=1S/C22H23ClN2O3/c1-4-5-11-27-19-10-9-16(14-20(19)26-3)13-18(23)22-25-24-21(28-22)17-8-6-7-15(2)12-17/h6-10,12-14H,4-5,11H2,1-3H3/b18-13-. The molecule has 6 heteroatoms. The molecule has 2 aromatic carbocycles. The highest BCUT2D eigenvalue weighted by molar-refractivity contribution is 6.50. The number of methoxy groups -OCH3 is 1. The highest BCUT2D eigenvalue weighted by Gasteiger charge is 2.12. The fourth-order valence-electron chi connectivity index (χ4n) is 2.64. The number of benzene rings is 2. The van der Waals surface area contributed by atoms with Crippen LogP contribution in [0.2, 0.25) is 0 Å². The molecule has 146 valence electrons. The zero-order valence-corrected chi connectivity index (χ0v) is 17.0. The van der Waals surface area contributed by atoms with Gasteiger partial charge < -0.3 is 13.9 Å². The van der Waals surface area contributed by atoms with Crippen LogP contribution in [0.5, 0.6) is 11.5 Å². The van der Waals surface area contributed by atoms with Gasteiger partial charge in [-0.3, -0.25) is 0 Å². The van der Waals surface area contributed by atoms with Crippen molar-refractivity contribution in [1.29, 1.82) is 0 Å². The van der Waals surface area contributed by atoms with E-state index in [2.05, 4.69) is 17.1 Å². The van der Waals surface area contributed by atoms with Gasteiger partial charge in [0.2, 0.25) is 5.89 Å². The van der Waals surface area contributed by atoms with Crippen LogP contribution in [0.4, 0.5) is 0 Å². The third-order valence-electron chi connectivity index (χ3n) is 4.13. The molecule has 3 aromatic rings. The maximum atomic E-state index is 6.40. The van der Waals surface area contributed by atoms with Crippen LogP contribution >= 0.6 is 11.6 Å². The van der Waals surface area contributed by atoms with Crippen molar-refractivity contribution in [2.24, 2.45) is 0 Å². The number of ether oxygens (including phenoxy) is 2. The molecule has 0 N–H and O–H groups in total. The molecule has 0 saturated carbocycles. The number of halogens is 1. The van der Waals surface area contributed by atoms with Crippen molar-refractivity contribution in [3.8, 4) is 23.0 Å². The highest BCUT2D eigenvalue weighted by atomic mass is 35.5. The molecule has 3 rings (SSSR count). The highest BCUT2D eigenvalue weighted by Crippen LogP contribution is 2.31. The fraction of sp³-hybridized carbons (Fsp3) is 0.273. The average molecular weight is 399 g/mol. The van der Waals surface area contributed by atoms with Crippen molar-refractivity contribution >= 4 is 22.7 Å². The average Bonchev–Trinajstić information content (AvgIpc) is 3.19. The molecule has 0 atom stereocenters. The second kappa shape index (κ2) is 9.42. The van der Waals surface area contributed by atoms with Crippen molar-refractivity contribution in [2.45, 2.75) is 26.7 Å². The molecule has 0 aliphatic carbocycles. The Morgan fingerprint density at radius 1 is 1.14 bits per heavy atom. The summed E-state index contributed by atoms with van der Waals surface area (Å²) in [4.78, 5) is 0. The molecule has 5 nitrogen and oxygen atoms in total. The van der Waals surface area contributed by atoms with E-state index in [9.17, 15) is 0 Å². The van der Waals surface area contributed by atoms with E-state index < -0.39 is 0 Å². The molecule has 0 bridgehead atoms. The molecule has 0 aliphatic rings. The van der Waals surface area contributed by atoms with Gasteiger partial charge in [0.25, 0.3) is 5.89 Å². The van der Waals surface area contributed by atoms with E-state index in [1.54, 1.807) is 13.2 Å². The van der Waals surface area contributed by atoms with Gasteiger partial charge in [-0.05, 0) is 49.2 Å². The molecular weight excluding hydrogens is 376 g/mol. The minimum atomic E-state index is 0.264. The zero-order chi connectivity index (χ0) is 19.9. The third kappa shape index (κ3) is 4.93. The summed E-state index contributed by atoms with van der Waals surface area (Å²) in [6.45, 7) is 4.79. The lowest BCUT2D eigenvalue weighted by Gasteiger charge is -2.11. The van der Waals surface area contributed by atoms with E-state index >= 15 is 0 Å². The number of hydrogen-bond donors (Lipinski definition) is 0. The van der Waals surface area contributed by atoms with Gasteiger partial charge in [-0.2, -0.15) is 0 Å². The van der Waals surface area contributed by atoms with Crippen LogP contribution in [0.15, 0.2) is 46.9 Å². The molecule has 28 heavy (non-hydrogen) atoms. The Kier molecular flexibility index (Phi) is 6.71. The SMILES string of the molecule is CCCCOc1ccc(/C=C(\Cl)c2nnc(-c3cccc(C)c3)o2)cc1OC. The van der Waals surface area contributed by atoms with E-state index in [1.807, 2.05) is 49.4 Å². The van der Waals surface area contributed by atoms with Crippen molar-refractivity contribution in [3.05, 3.63) is 59.5 Å². The Hall–Kier alpha value is -2.79. The number of nitrogens with zero attached hydrogens (tertiary/aromatic N) is 2. The molecule has 1 aromatic heterocycles. The second-order valence-electron chi connectivity index (χ2n) is 6.39. The van der Waals surface area contributed by atoms with Crippen LogP contribution in [0.1, 0.15) is 36.8 Å². The summed E-state index contributed by atoms with van der Waals surface area (Å²) in [7, 11) is 1.61. The van der Waals surface area contributed by atoms with Crippen LogP contribution < -0.4 is 9.47 Å². The topological polar surface area (TPSA) is 57.4 Å². The summed E-state index contributed by atoms with van der Waals surface area (Å²) < 4.78 is 16.9. The van der Waals surface area contributed by atoms with Crippen LogP contribution in [0.3, 0.4) is 0 Å². The molecule has 0 aliphatic heterocycles. The van der Waals surface area contributed by atoms with Crippen molar-refractivity contribution in [3.63, 3.8) is 0 Å². The number of hydrogen-bond acceptors (Lipinski definition) is 5. The number of rotatable bonds is 8. The van der Waals surface area contributed by atoms with E-state index in [0.717, 1.165) is 29.5 Å². The minimum absolute atomic E-state index is 0.264. The number of aryl methyl sites for hydroxylation is 1. The molecule has 1 heterocycles. The Labute approximate surface area is 170 Å². The summed E-state index contributed by atoms with van der Waals surface area (Å²) in [5, 5.41) is 8.50. The van der Waals surface area contributed by atoms with Gasteiger partial charge in [-0.1, -0.05) is 48.7 Å². The predicted octanol–water partition coefficient (Wildman–Crippen LogP) is 5.97. The van der Waals surface area contributed by atoms with Gasteiger partial charge in [-0.15, -0.1) is 10.2 Å².